The van der Waals surface area contributed by atoms with E-state index in [1.165, 1.54) is 6.21 Å². The van der Waals surface area contributed by atoms with E-state index in [0.717, 1.165) is 11.1 Å². The lowest BCUT2D eigenvalue weighted by Crippen LogP contribution is -1.92. The molecule has 0 saturated heterocycles. The molecule has 0 atom stereocenters. The van der Waals surface area contributed by atoms with Crippen molar-refractivity contribution in [2.24, 2.45) is 0 Å². The summed E-state index contributed by atoms with van der Waals surface area (Å²) in [6.45, 7) is 3.62. The van der Waals surface area contributed by atoms with E-state index in [-0.39, 0.29) is 0 Å². The summed E-state index contributed by atoms with van der Waals surface area (Å²) in [6, 6.07) is 5.47. The van der Waals surface area contributed by atoms with Crippen molar-refractivity contribution in [1.82, 2.24) is 0 Å². The minimum Gasteiger partial charge on any atom is -0.398 e. The summed E-state index contributed by atoms with van der Waals surface area (Å²) in [5.41, 5.74) is 7.92. The molecular formula is C9H10N2. The average Bonchev–Trinajstić information content (AvgIpc) is 2.05. The summed E-state index contributed by atoms with van der Waals surface area (Å²) < 4.78 is 0. The zero-order valence-corrected chi connectivity index (χ0v) is 6.17. The summed E-state index contributed by atoms with van der Waals surface area (Å²) in [5.74, 6) is 0. The molecule has 0 radical (unpaired) electrons. The molecule has 0 bridgehead atoms. The number of nitrogens with one attached hydrogen (secondary N) is 1. The van der Waals surface area contributed by atoms with Crippen molar-refractivity contribution in [3.8, 4) is 0 Å². The first kappa shape index (κ1) is 7.54. The van der Waals surface area contributed by atoms with Crippen molar-refractivity contribution >= 4 is 18.0 Å². The fraction of sp³-hybridized carbons (Fsp3) is 0. The summed E-state index contributed by atoms with van der Waals surface area (Å²) in [6.07, 6.45) is 2.97. The minimum absolute atomic E-state index is 0.630. The fourth-order valence-electron chi connectivity index (χ4n) is 0.845. The predicted molar refractivity (Wildman–Crippen MR) is 48.8 cm³/mol. The largest absolute Gasteiger partial charge is 0.398 e. The van der Waals surface area contributed by atoms with E-state index >= 15 is 0 Å². The Kier molecular flexibility index (Phi) is 2.06. The summed E-state index contributed by atoms with van der Waals surface area (Å²) in [5, 5.41) is 7.02. The van der Waals surface area contributed by atoms with E-state index < -0.39 is 0 Å². The first-order valence-electron chi connectivity index (χ1n) is 3.30. The standard InChI is InChI=1S/C9H10N2/c1-2-7-3-4-9(11)8(5-7)6-10/h2-6,10H,1,11H2. The van der Waals surface area contributed by atoms with Crippen LogP contribution >= 0.6 is 0 Å². The number of anilines is 1. The van der Waals surface area contributed by atoms with Crippen molar-refractivity contribution < 1.29 is 0 Å². The topological polar surface area (TPSA) is 49.9 Å². The van der Waals surface area contributed by atoms with Crippen molar-refractivity contribution in [3.05, 3.63) is 35.9 Å². The van der Waals surface area contributed by atoms with Crippen LogP contribution in [0.4, 0.5) is 5.69 Å². The SMILES string of the molecule is C=Cc1ccc(N)c(C=N)c1. The van der Waals surface area contributed by atoms with Gasteiger partial charge < -0.3 is 11.1 Å². The molecule has 0 aliphatic heterocycles. The Balaban J connectivity index is 3.22. The maximum absolute atomic E-state index is 7.02. The molecule has 56 valence electrons. The van der Waals surface area contributed by atoms with Gasteiger partial charge in [0.2, 0.25) is 0 Å². The molecule has 0 fully saturated rings. The van der Waals surface area contributed by atoms with Gasteiger partial charge in [0.25, 0.3) is 0 Å². The minimum atomic E-state index is 0.630. The Hall–Kier alpha value is -1.57. The van der Waals surface area contributed by atoms with E-state index in [1.54, 1.807) is 12.1 Å². The lowest BCUT2D eigenvalue weighted by atomic mass is 10.1. The van der Waals surface area contributed by atoms with Gasteiger partial charge in [-0.25, -0.2) is 0 Å². The highest BCUT2D eigenvalue weighted by Gasteiger charge is 1.94. The Morgan fingerprint density at radius 2 is 2.18 bits per heavy atom. The summed E-state index contributed by atoms with van der Waals surface area (Å²) in [4.78, 5) is 0. The van der Waals surface area contributed by atoms with E-state index in [9.17, 15) is 0 Å². The number of rotatable bonds is 2. The number of hydrogen-bond donors (Lipinski definition) is 2. The van der Waals surface area contributed by atoms with Crippen LogP contribution in [0.2, 0.25) is 0 Å². The van der Waals surface area contributed by atoms with Crippen LogP contribution < -0.4 is 5.73 Å². The number of hydrogen-bond acceptors (Lipinski definition) is 2. The van der Waals surface area contributed by atoms with Gasteiger partial charge in [-0.15, -0.1) is 0 Å². The molecule has 0 saturated carbocycles. The van der Waals surface area contributed by atoms with Gasteiger partial charge in [0.05, 0.1) is 0 Å². The second-order valence-corrected chi connectivity index (χ2v) is 2.24. The average molecular weight is 146 g/mol. The third-order valence-corrected chi connectivity index (χ3v) is 1.50. The fourth-order valence-corrected chi connectivity index (χ4v) is 0.845. The second kappa shape index (κ2) is 3.01. The number of benzene rings is 1. The van der Waals surface area contributed by atoms with Gasteiger partial charge in [-0.2, -0.15) is 0 Å². The van der Waals surface area contributed by atoms with Crippen LogP contribution in [0.1, 0.15) is 11.1 Å². The third-order valence-electron chi connectivity index (χ3n) is 1.50. The van der Waals surface area contributed by atoms with Crippen LogP contribution in [-0.2, 0) is 0 Å². The van der Waals surface area contributed by atoms with E-state index in [4.69, 9.17) is 11.1 Å². The number of nitrogen functional groups attached to an aromatic ring is 1. The van der Waals surface area contributed by atoms with E-state index in [1.807, 2.05) is 12.1 Å². The maximum Gasteiger partial charge on any atom is 0.0403 e. The molecule has 0 amide bonds. The van der Waals surface area contributed by atoms with Crippen LogP contribution in [0.25, 0.3) is 6.08 Å². The Bertz CT molecular complexity index is 290. The molecular weight excluding hydrogens is 136 g/mol. The number of nitrogens with two attached hydrogens (primary N) is 1. The van der Waals surface area contributed by atoms with Gasteiger partial charge in [-0.3, -0.25) is 0 Å². The third kappa shape index (κ3) is 1.46. The zero-order chi connectivity index (χ0) is 8.27. The zero-order valence-electron chi connectivity index (χ0n) is 6.17. The summed E-state index contributed by atoms with van der Waals surface area (Å²) in [7, 11) is 0. The smallest absolute Gasteiger partial charge is 0.0403 e. The van der Waals surface area contributed by atoms with Crippen molar-refractivity contribution in [1.29, 1.82) is 5.41 Å². The van der Waals surface area contributed by atoms with Gasteiger partial charge in [-0.05, 0) is 17.7 Å². The molecule has 11 heavy (non-hydrogen) atoms. The predicted octanol–water partition coefficient (Wildman–Crippen LogP) is 1.91. The van der Waals surface area contributed by atoms with Gasteiger partial charge in [0, 0.05) is 17.5 Å². The molecule has 0 aliphatic rings. The first-order valence-corrected chi connectivity index (χ1v) is 3.30. The van der Waals surface area contributed by atoms with Crippen LogP contribution in [0.3, 0.4) is 0 Å². The van der Waals surface area contributed by atoms with Gasteiger partial charge in [0.15, 0.2) is 0 Å². The second-order valence-electron chi connectivity index (χ2n) is 2.24. The van der Waals surface area contributed by atoms with E-state index in [2.05, 4.69) is 6.58 Å². The van der Waals surface area contributed by atoms with Crippen LogP contribution in [0.15, 0.2) is 24.8 Å². The molecule has 2 nitrogen and oxygen atoms in total. The van der Waals surface area contributed by atoms with Crippen LogP contribution in [-0.4, -0.2) is 6.21 Å². The monoisotopic (exact) mass is 146 g/mol. The molecule has 0 unspecified atom stereocenters. The molecule has 0 heterocycles. The van der Waals surface area contributed by atoms with Gasteiger partial charge in [0.1, 0.15) is 0 Å². The van der Waals surface area contributed by atoms with Crippen molar-refractivity contribution in [3.63, 3.8) is 0 Å². The molecule has 0 aliphatic carbocycles. The highest BCUT2D eigenvalue weighted by Crippen LogP contribution is 2.12. The summed E-state index contributed by atoms with van der Waals surface area (Å²) >= 11 is 0. The highest BCUT2D eigenvalue weighted by atomic mass is 14.6. The van der Waals surface area contributed by atoms with Crippen LogP contribution in [0, 0.1) is 5.41 Å². The molecule has 3 N–H and O–H groups in total. The highest BCUT2D eigenvalue weighted by molar-refractivity contribution is 5.85. The quantitative estimate of drug-likeness (QED) is 0.486. The van der Waals surface area contributed by atoms with Crippen molar-refractivity contribution in [2.45, 2.75) is 0 Å². The Morgan fingerprint density at radius 1 is 1.45 bits per heavy atom. The maximum atomic E-state index is 7.02. The van der Waals surface area contributed by atoms with Crippen LogP contribution in [0.5, 0.6) is 0 Å². The lowest BCUT2D eigenvalue weighted by molar-refractivity contribution is 1.53. The first-order chi connectivity index (χ1) is 5.27. The molecule has 0 spiro atoms. The lowest BCUT2D eigenvalue weighted by Gasteiger charge is -1.99. The molecule has 0 aromatic heterocycles. The van der Waals surface area contributed by atoms with Gasteiger partial charge >= 0.3 is 0 Å². The molecule has 1 aromatic carbocycles. The molecule has 2 heteroatoms. The van der Waals surface area contributed by atoms with E-state index in [0.29, 0.717) is 5.69 Å². The van der Waals surface area contributed by atoms with Gasteiger partial charge in [-0.1, -0.05) is 18.7 Å². The molecule has 1 rings (SSSR count). The Morgan fingerprint density at radius 3 is 2.73 bits per heavy atom. The molecule has 1 aromatic rings. The normalized spacial score (nSPS) is 9.09. The van der Waals surface area contributed by atoms with Crippen molar-refractivity contribution in [2.75, 3.05) is 5.73 Å². The Labute approximate surface area is 65.9 Å².